The average molecular weight is 276 g/mol. The third-order valence-corrected chi connectivity index (χ3v) is 4.56. The molecule has 1 fully saturated rings. The van der Waals surface area contributed by atoms with Gasteiger partial charge in [-0.05, 0) is 37.5 Å². The van der Waals surface area contributed by atoms with Gasteiger partial charge in [0.2, 0.25) is 0 Å². The monoisotopic (exact) mass is 276 g/mol. The van der Waals surface area contributed by atoms with Crippen molar-refractivity contribution in [2.75, 3.05) is 13.1 Å². The van der Waals surface area contributed by atoms with E-state index in [1.165, 1.54) is 18.4 Å². The maximum atomic E-state index is 9.40. The Labute approximate surface area is 123 Å². The van der Waals surface area contributed by atoms with Crippen LogP contribution in [0.25, 0.3) is 0 Å². The van der Waals surface area contributed by atoms with E-state index >= 15 is 0 Å². The van der Waals surface area contributed by atoms with Gasteiger partial charge in [0.1, 0.15) is 5.75 Å². The molecule has 20 heavy (non-hydrogen) atoms. The highest BCUT2D eigenvalue weighted by molar-refractivity contribution is 5.26. The summed E-state index contributed by atoms with van der Waals surface area (Å²) in [7, 11) is 0. The number of nitrogens with zero attached hydrogens (tertiary/aromatic N) is 1. The molecule has 1 aliphatic heterocycles. The summed E-state index contributed by atoms with van der Waals surface area (Å²) in [6.07, 6.45) is 3.62. The fourth-order valence-corrected chi connectivity index (χ4v) is 3.00. The number of piperazine rings is 1. The summed E-state index contributed by atoms with van der Waals surface area (Å²) in [6, 6.07) is 8.25. The molecule has 2 rings (SSSR count). The van der Waals surface area contributed by atoms with E-state index in [1.807, 2.05) is 12.1 Å². The van der Waals surface area contributed by atoms with Crippen LogP contribution in [-0.4, -0.2) is 34.7 Å². The largest absolute Gasteiger partial charge is 0.508 e. The van der Waals surface area contributed by atoms with Crippen molar-refractivity contribution in [1.82, 2.24) is 10.2 Å². The van der Waals surface area contributed by atoms with Gasteiger partial charge in [-0.2, -0.15) is 0 Å². The topological polar surface area (TPSA) is 35.5 Å². The fraction of sp³-hybridized carbons (Fsp3) is 0.647. The summed E-state index contributed by atoms with van der Waals surface area (Å²) in [5, 5.41) is 13.1. The Bertz CT molecular complexity index is 418. The summed E-state index contributed by atoms with van der Waals surface area (Å²) in [6.45, 7) is 9.98. The zero-order chi connectivity index (χ0) is 14.6. The number of aromatic hydroxyl groups is 1. The maximum absolute atomic E-state index is 9.40. The number of hydrogen-bond donors (Lipinski definition) is 2. The molecule has 2 atom stereocenters. The van der Waals surface area contributed by atoms with Crippen LogP contribution >= 0.6 is 0 Å². The summed E-state index contributed by atoms with van der Waals surface area (Å²) in [5.41, 5.74) is 1.51. The molecule has 1 aromatic carbocycles. The van der Waals surface area contributed by atoms with Gasteiger partial charge in [-0.3, -0.25) is 4.90 Å². The zero-order valence-corrected chi connectivity index (χ0v) is 13.0. The molecule has 0 radical (unpaired) electrons. The lowest BCUT2D eigenvalue weighted by Crippen LogP contribution is -2.62. The van der Waals surface area contributed by atoms with Crippen molar-refractivity contribution >= 4 is 0 Å². The minimum atomic E-state index is 0.223. The molecule has 0 saturated carbocycles. The molecule has 3 nitrogen and oxygen atoms in total. The van der Waals surface area contributed by atoms with Crippen LogP contribution in [0, 0.1) is 0 Å². The van der Waals surface area contributed by atoms with Gasteiger partial charge in [0.25, 0.3) is 0 Å². The van der Waals surface area contributed by atoms with E-state index in [9.17, 15) is 5.11 Å². The minimum Gasteiger partial charge on any atom is -0.508 e. The highest BCUT2D eigenvalue weighted by atomic mass is 16.3. The van der Waals surface area contributed by atoms with Crippen LogP contribution in [0.1, 0.15) is 45.6 Å². The van der Waals surface area contributed by atoms with Crippen molar-refractivity contribution in [3.8, 4) is 5.75 Å². The van der Waals surface area contributed by atoms with Crippen molar-refractivity contribution in [3.63, 3.8) is 0 Å². The van der Waals surface area contributed by atoms with Gasteiger partial charge in [-0.25, -0.2) is 0 Å². The molecule has 1 heterocycles. The summed E-state index contributed by atoms with van der Waals surface area (Å²) < 4.78 is 0. The van der Waals surface area contributed by atoms with Crippen molar-refractivity contribution in [2.45, 2.75) is 58.2 Å². The van der Waals surface area contributed by atoms with Crippen molar-refractivity contribution in [2.24, 2.45) is 0 Å². The first kappa shape index (κ1) is 15.3. The van der Waals surface area contributed by atoms with E-state index in [1.54, 1.807) is 12.1 Å². The first-order valence-electron chi connectivity index (χ1n) is 7.83. The molecule has 0 aromatic heterocycles. The molecule has 3 heteroatoms. The van der Waals surface area contributed by atoms with Crippen LogP contribution in [-0.2, 0) is 6.54 Å². The minimum absolute atomic E-state index is 0.223. The average Bonchev–Trinajstić information content (AvgIpc) is 2.45. The molecule has 112 valence electrons. The Hall–Kier alpha value is -1.06. The van der Waals surface area contributed by atoms with Gasteiger partial charge in [-0.1, -0.05) is 32.4 Å². The predicted octanol–water partition coefficient (Wildman–Crippen LogP) is 3.13. The summed E-state index contributed by atoms with van der Waals surface area (Å²) in [5.74, 6) is 0.345. The van der Waals surface area contributed by atoms with E-state index in [2.05, 4.69) is 31.0 Å². The second-order valence-corrected chi connectivity index (χ2v) is 6.31. The Morgan fingerprint density at radius 3 is 2.60 bits per heavy atom. The lowest BCUT2D eigenvalue weighted by atomic mass is 9.92. The van der Waals surface area contributed by atoms with E-state index in [4.69, 9.17) is 0 Å². The molecule has 0 aliphatic carbocycles. The van der Waals surface area contributed by atoms with Crippen molar-refractivity contribution in [1.29, 1.82) is 0 Å². The van der Waals surface area contributed by atoms with Crippen LogP contribution in [0.2, 0.25) is 0 Å². The fourth-order valence-electron chi connectivity index (χ4n) is 3.00. The Morgan fingerprint density at radius 2 is 2.00 bits per heavy atom. The van der Waals surface area contributed by atoms with Crippen LogP contribution in [0.4, 0.5) is 0 Å². The van der Waals surface area contributed by atoms with Gasteiger partial charge >= 0.3 is 0 Å². The van der Waals surface area contributed by atoms with Crippen LogP contribution < -0.4 is 5.32 Å². The zero-order valence-electron chi connectivity index (χ0n) is 13.0. The number of rotatable bonds is 5. The number of phenolic OH excluding ortho intramolecular Hbond substituents is 1. The van der Waals surface area contributed by atoms with Gasteiger partial charge in [0, 0.05) is 31.2 Å². The number of nitrogens with one attached hydrogen (secondary N) is 1. The van der Waals surface area contributed by atoms with Gasteiger partial charge in [0.05, 0.1) is 0 Å². The number of benzene rings is 1. The molecular formula is C17H28N2O. The van der Waals surface area contributed by atoms with Gasteiger partial charge < -0.3 is 10.4 Å². The first-order chi connectivity index (χ1) is 9.56. The Kier molecular flexibility index (Phi) is 5.06. The second-order valence-electron chi connectivity index (χ2n) is 6.31. The van der Waals surface area contributed by atoms with Crippen molar-refractivity contribution in [3.05, 3.63) is 29.8 Å². The molecule has 1 saturated heterocycles. The smallest absolute Gasteiger partial charge is 0.115 e. The van der Waals surface area contributed by atoms with Crippen molar-refractivity contribution < 1.29 is 5.11 Å². The SMILES string of the molecule is CCCC1CNC(C)(CC)CN1Cc1ccc(O)cc1. The molecule has 1 aromatic rings. The lowest BCUT2D eigenvalue weighted by Gasteiger charge is -2.46. The summed E-state index contributed by atoms with van der Waals surface area (Å²) >= 11 is 0. The number of hydrogen-bond acceptors (Lipinski definition) is 3. The lowest BCUT2D eigenvalue weighted by molar-refractivity contribution is 0.0725. The Balaban J connectivity index is 2.08. The first-order valence-corrected chi connectivity index (χ1v) is 7.83. The third kappa shape index (κ3) is 3.74. The highest BCUT2D eigenvalue weighted by Gasteiger charge is 2.33. The van der Waals surface area contributed by atoms with Crippen LogP contribution in [0.3, 0.4) is 0 Å². The van der Waals surface area contributed by atoms with E-state index in [0.717, 1.165) is 26.1 Å². The highest BCUT2D eigenvalue weighted by Crippen LogP contribution is 2.23. The molecular weight excluding hydrogens is 248 g/mol. The molecule has 2 unspecified atom stereocenters. The summed E-state index contributed by atoms with van der Waals surface area (Å²) in [4.78, 5) is 2.61. The van der Waals surface area contributed by atoms with Crippen LogP contribution in [0.15, 0.2) is 24.3 Å². The van der Waals surface area contributed by atoms with Gasteiger partial charge in [-0.15, -0.1) is 0 Å². The molecule has 0 bridgehead atoms. The standard InChI is InChI=1S/C17H28N2O/c1-4-6-15-11-18-17(3,5-2)13-19(15)12-14-7-9-16(20)10-8-14/h7-10,15,18,20H,4-6,11-13H2,1-3H3. The molecule has 0 spiro atoms. The van der Waals surface area contributed by atoms with Gasteiger partial charge in [0.15, 0.2) is 0 Å². The quantitative estimate of drug-likeness (QED) is 0.867. The van der Waals surface area contributed by atoms with E-state index < -0.39 is 0 Å². The molecule has 1 aliphatic rings. The van der Waals surface area contributed by atoms with Crippen LogP contribution in [0.5, 0.6) is 5.75 Å². The van der Waals surface area contributed by atoms with E-state index in [-0.39, 0.29) is 5.54 Å². The third-order valence-electron chi connectivity index (χ3n) is 4.56. The normalized spacial score (nSPS) is 27.6. The van der Waals surface area contributed by atoms with E-state index in [0.29, 0.717) is 11.8 Å². The molecule has 2 N–H and O–H groups in total. The Morgan fingerprint density at radius 1 is 1.30 bits per heavy atom. The maximum Gasteiger partial charge on any atom is 0.115 e. The second kappa shape index (κ2) is 6.59. The number of phenols is 1. The predicted molar refractivity (Wildman–Crippen MR) is 83.9 cm³/mol. The molecule has 0 amide bonds.